The van der Waals surface area contributed by atoms with Gasteiger partial charge in [-0.05, 0) is 122 Å². The Morgan fingerprint density at radius 3 is 2.32 bits per heavy atom. The van der Waals surface area contributed by atoms with Gasteiger partial charge in [-0.3, -0.25) is 9.59 Å². The van der Waals surface area contributed by atoms with Gasteiger partial charge in [-0.15, -0.1) is 0 Å². The lowest BCUT2D eigenvalue weighted by atomic mass is 9.41. The average molecular weight is 581 g/mol. The molecule has 0 spiro atoms. The number of ketones is 1. The molecule has 0 bridgehead atoms. The second kappa shape index (κ2) is 11.1. The number of benzene rings is 1. The molecule has 0 N–H and O–H groups in total. The van der Waals surface area contributed by atoms with Gasteiger partial charge in [0.1, 0.15) is 0 Å². The smallest absolute Gasteiger partial charge is 0.233 e. The van der Waals surface area contributed by atoms with Crippen molar-refractivity contribution in [2.45, 2.75) is 93.0 Å². The maximum Gasteiger partial charge on any atom is 0.233 e. The second-order valence-corrected chi connectivity index (χ2v) is 15.9. The van der Waals surface area contributed by atoms with Crippen molar-refractivity contribution >= 4 is 23.3 Å². The number of allylic oxidation sites excluding steroid dienone is 1. The fourth-order valence-electron chi connectivity index (χ4n) is 9.96. The van der Waals surface area contributed by atoms with E-state index >= 15 is 0 Å². The summed E-state index contributed by atoms with van der Waals surface area (Å²) in [6.45, 7) is 16.4. The molecule has 0 saturated heterocycles. The Morgan fingerprint density at radius 1 is 1.00 bits per heavy atom. The Labute approximate surface area is 254 Å². The number of rotatable bonds is 7. The summed E-state index contributed by atoms with van der Waals surface area (Å²) in [5.74, 6) is 2.88. The Morgan fingerprint density at radius 2 is 1.68 bits per heavy atom. The van der Waals surface area contributed by atoms with E-state index in [2.05, 4.69) is 65.4 Å². The van der Waals surface area contributed by atoms with E-state index in [0.717, 1.165) is 42.9 Å². The maximum atomic E-state index is 15.0. The molecule has 5 heteroatoms. The van der Waals surface area contributed by atoms with Crippen LogP contribution in [0.15, 0.2) is 35.4 Å². The molecule has 226 valence electrons. The Bertz CT molecular complexity index is 1200. The van der Waals surface area contributed by atoms with Crippen molar-refractivity contribution in [2.75, 3.05) is 27.2 Å². The Balaban J connectivity index is 1.55. The van der Waals surface area contributed by atoms with Crippen molar-refractivity contribution in [3.8, 4) is 0 Å². The summed E-state index contributed by atoms with van der Waals surface area (Å²) in [7, 11) is 4.11. The van der Waals surface area contributed by atoms with E-state index in [1.165, 1.54) is 24.8 Å². The summed E-state index contributed by atoms with van der Waals surface area (Å²) in [5, 5.41) is 0.703. The van der Waals surface area contributed by atoms with E-state index in [1.54, 1.807) is 0 Å². The molecule has 4 aliphatic rings. The summed E-state index contributed by atoms with van der Waals surface area (Å²) in [4.78, 5) is 33.1. The third-order valence-corrected chi connectivity index (χ3v) is 12.6. The first-order valence-corrected chi connectivity index (χ1v) is 16.6. The topological polar surface area (TPSA) is 40.6 Å². The minimum absolute atomic E-state index is 0.144. The van der Waals surface area contributed by atoms with Crippen LogP contribution in [0.2, 0.25) is 5.02 Å². The molecule has 0 radical (unpaired) electrons. The van der Waals surface area contributed by atoms with Crippen molar-refractivity contribution in [3.05, 3.63) is 46.0 Å². The van der Waals surface area contributed by atoms with Gasteiger partial charge < -0.3 is 9.80 Å². The predicted molar refractivity (Wildman–Crippen MR) is 169 cm³/mol. The van der Waals surface area contributed by atoms with Gasteiger partial charge in [0.05, 0.1) is 5.41 Å². The molecular formula is C36H53ClN2O2. The summed E-state index contributed by atoms with van der Waals surface area (Å²) < 4.78 is 0. The van der Waals surface area contributed by atoms with Crippen molar-refractivity contribution in [1.29, 1.82) is 0 Å². The largest absolute Gasteiger partial charge is 0.336 e. The van der Waals surface area contributed by atoms with E-state index in [0.29, 0.717) is 47.7 Å². The summed E-state index contributed by atoms with van der Waals surface area (Å²) in [6.07, 6.45) is 7.09. The normalized spacial score (nSPS) is 34.5. The van der Waals surface area contributed by atoms with Crippen LogP contribution in [0.4, 0.5) is 0 Å². The van der Waals surface area contributed by atoms with Crippen molar-refractivity contribution in [3.63, 3.8) is 0 Å². The van der Waals surface area contributed by atoms with Gasteiger partial charge in [-0.2, -0.15) is 0 Å². The monoisotopic (exact) mass is 580 g/mol. The van der Waals surface area contributed by atoms with Crippen LogP contribution in [0.1, 0.15) is 92.1 Å². The van der Waals surface area contributed by atoms with Crippen LogP contribution >= 0.6 is 11.6 Å². The molecule has 1 amide bonds. The van der Waals surface area contributed by atoms with E-state index in [9.17, 15) is 9.59 Å². The standard InChI is InChI=1S/C36H53ClN2O2/c1-23(2)31-29(40)21-36(33(41)39(20-19-38(7)8)22-25-9-11-26(37)12-10-25)18-16-28-27(32(31)36)13-14-30-34(4,5)24(3)15-17-35(28,30)6/h9-12,23-24,27-28,30H,13-22H2,1-8H3. The average Bonchev–Trinajstić information content (AvgIpc) is 3.23. The van der Waals surface area contributed by atoms with Crippen LogP contribution in [0.3, 0.4) is 0 Å². The molecule has 6 unspecified atom stereocenters. The molecule has 1 aromatic rings. The number of fused-ring (bicyclic) bond motifs is 5. The molecule has 0 aromatic heterocycles. The van der Waals surface area contributed by atoms with E-state index in [4.69, 9.17) is 11.6 Å². The molecule has 3 saturated carbocycles. The minimum atomic E-state index is -0.683. The number of carbonyl (C=O) groups excluding carboxylic acids is 2. The first-order chi connectivity index (χ1) is 19.2. The third kappa shape index (κ3) is 5.13. The minimum Gasteiger partial charge on any atom is -0.336 e. The molecule has 0 aliphatic heterocycles. The van der Waals surface area contributed by atoms with E-state index in [1.807, 2.05) is 24.3 Å². The molecule has 3 fully saturated rings. The molecule has 4 nitrogen and oxygen atoms in total. The van der Waals surface area contributed by atoms with Crippen LogP contribution in [-0.4, -0.2) is 48.7 Å². The number of hydrogen-bond acceptors (Lipinski definition) is 3. The Hall–Kier alpha value is -1.65. The number of halogens is 1. The van der Waals surface area contributed by atoms with Crippen LogP contribution in [0, 0.1) is 45.8 Å². The molecule has 6 atom stereocenters. The first-order valence-electron chi connectivity index (χ1n) is 16.2. The van der Waals surface area contributed by atoms with E-state index < -0.39 is 5.41 Å². The van der Waals surface area contributed by atoms with Gasteiger partial charge in [-0.1, -0.05) is 65.3 Å². The van der Waals surface area contributed by atoms with E-state index in [-0.39, 0.29) is 23.0 Å². The predicted octanol–water partition coefficient (Wildman–Crippen LogP) is 8.04. The third-order valence-electron chi connectivity index (χ3n) is 12.4. The number of hydrogen-bond donors (Lipinski definition) is 0. The number of amides is 1. The fraction of sp³-hybridized carbons (Fsp3) is 0.722. The fourth-order valence-corrected chi connectivity index (χ4v) is 10.1. The first kappa shape index (κ1) is 30.8. The summed E-state index contributed by atoms with van der Waals surface area (Å²) in [5.41, 5.74) is 3.25. The van der Waals surface area contributed by atoms with Crippen LogP contribution < -0.4 is 0 Å². The zero-order valence-corrected chi connectivity index (χ0v) is 27.6. The second-order valence-electron chi connectivity index (χ2n) is 15.5. The van der Waals surface area contributed by atoms with Gasteiger partial charge >= 0.3 is 0 Å². The van der Waals surface area contributed by atoms with Crippen LogP contribution in [0.25, 0.3) is 0 Å². The number of Topliss-reactive ketones (excluding diaryl/α,β-unsaturated/α-hetero) is 1. The summed E-state index contributed by atoms with van der Waals surface area (Å²) in [6, 6.07) is 7.86. The molecule has 4 aliphatic carbocycles. The Kier molecular flexibility index (Phi) is 8.36. The number of carbonyl (C=O) groups is 2. The quantitative estimate of drug-likeness (QED) is 0.328. The maximum absolute atomic E-state index is 15.0. The number of likely N-dealkylation sites (N-methyl/N-ethyl adjacent to an activating group) is 1. The van der Waals surface area contributed by atoms with Gasteiger partial charge in [0.25, 0.3) is 0 Å². The molecular weight excluding hydrogens is 528 g/mol. The molecule has 1 aromatic carbocycles. The van der Waals surface area contributed by atoms with Gasteiger partial charge in [0.2, 0.25) is 5.91 Å². The zero-order valence-electron chi connectivity index (χ0n) is 26.9. The molecule has 41 heavy (non-hydrogen) atoms. The van der Waals surface area contributed by atoms with Gasteiger partial charge in [0.15, 0.2) is 5.78 Å². The highest BCUT2D eigenvalue weighted by Gasteiger charge is 2.64. The van der Waals surface area contributed by atoms with Gasteiger partial charge in [-0.25, -0.2) is 0 Å². The lowest BCUT2D eigenvalue weighted by Crippen LogP contribution is -2.58. The van der Waals surface area contributed by atoms with Gasteiger partial charge in [0, 0.05) is 31.1 Å². The summed E-state index contributed by atoms with van der Waals surface area (Å²) >= 11 is 6.19. The van der Waals surface area contributed by atoms with Crippen molar-refractivity contribution < 1.29 is 9.59 Å². The molecule has 5 rings (SSSR count). The zero-order chi connectivity index (χ0) is 29.9. The van der Waals surface area contributed by atoms with Crippen molar-refractivity contribution in [1.82, 2.24) is 9.80 Å². The number of nitrogens with zero attached hydrogens (tertiary/aromatic N) is 2. The lowest BCUT2D eigenvalue weighted by Gasteiger charge is -2.64. The highest BCUT2D eigenvalue weighted by Crippen LogP contribution is 2.69. The van der Waals surface area contributed by atoms with Crippen LogP contribution in [0.5, 0.6) is 0 Å². The highest BCUT2D eigenvalue weighted by atomic mass is 35.5. The SMILES string of the molecule is CC(C)C1=C2C3CCC4C(C)(C)C(C)CCC4(C)C3CCC2(C(=O)N(CCN(C)C)Cc2ccc(Cl)cc2)CC1=O. The lowest BCUT2D eigenvalue weighted by molar-refractivity contribution is -0.152. The van der Waals surface area contributed by atoms with Crippen molar-refractivity contribution in [2.24, 2.45) is 45.8 Å². The molecule has 0 heterocycles. The van der Waals surface area contributed by atoms with Crippen LogP contribution in [-0.2, 0) is 16.1 Å². The highest BCUT2D eigenvalue weighted by molar-refractivity contribution is 6.30.